The molecule has 1 aliphatic heterocycles. The molecule has 0 saturated carbocycles. The maximum Gasteiger partial charge on any atom is 0.303 e. The van der Waals surface area contributed by atoms with Gasteiger partial charge >= 0.3 is 5.97 Å². The number of hydrogen-bond donors (Lipinski definition) is 1. The van der Waals surface area contributed by atoms with Gasteiger partial charge in [0.2, 0.25) is 0 Å². The van der Waals surface area contributed by atoms with E-state index in [-0.39, 0.29) is 12.3 Å². The van der Waals surface area contributed by atoms with Crippen molar-refractivity contribution in [3.63, 3.8) is 0 Å². The average Bonchev–Trinajstić information content (AvgIpc) is 3.21. The summed E-state index contributed by atoms with van der Waals surface area (Å²) < 4.78 is 6.31. The van der Waals surface area contributed by atoms with Crippen molar-refractivity contribution < 1.29 is 19.1 Å². The quantitative estimate of drug-likeness (QED) is 0.286. The fraction of sp³-hybridized carbons (Fsp3) is 0.250. The van der Waals surface area contributed by atoms with Crippen molar-refractivity contribution in [3.05, 3.63) is 51.0 Å². The van der Waals surface area contributed by atoms with Crippen LogP contribution in [0.3, 0.4) is 0 Å². The second kappa shape index (κ2) is 9.80. The minimum atomic E-state index is -0.811. The van der Waals surface area contributed by atoms with E-state index in [4.69, 9.17) is 44.9 Å². The Bertz CT molecular complexity index is 966. The highest BCUT2D eigenvalue weighted by molar-refractivity contribution is 8.26. The van der Waals surface area contributed by atoms with Crippen LogP contribution in [0.4, 0.5) is 0 Å². The Morgan fingerprint density at radius 1 is 1.17 bits per heavy atom. The van der Waals surface area contributed by atoms with Gasteiger partial charge in [-0.25, -0.2) is 0 Å². The summed E-state index contributed by atoms with van der Waals surface area (Å²) in [5, 5.41) is 9.63. The lowest BCUT2D eigenvalue weighted by Crippen LogP contribution is -2.29. The molecule has 9 heteroatoms. The molecule has 0 unspecified atom stereocenters. The Morgan fingerprint density at radius 3 is 2.59 bits per heavy atom. The third-order valence-corrected chi connectivity index (χ3v) is 6.26. The first kappa shape index (κ1) is 21.9. The minimum absolute atomic E-state index is 0.134. The molecule has 0 radical (unpaired) electrons. The molecule has 1 amide bonds. The van der Waals surface area contributed by atoms with Crippen molar-refractivity contribution in [1.29, 1.82) is 0 Å². The summed E-state index contributed by atoms with van der Waals surface area (Å²) >= 11 is 19.0. The Morgan fingerprint density at radius 2 is 1.90 bits per heavy atom. The number of thioether (sulfide) groups is 1. The lowest BCUT2D eigenvalue weighted by atomic mass is 10.2. The summed E-state index contributed by atoms with van der Waals surface area (Å²) in [6, 6.07) is 8.71. The van der Waals surface area contributed by atoms with Gasteiger partial charge in [-0.1, -0.05) is 59.7 Å². The molecule has 1 fully saturated rings. The molecule has 1 aliphatic rings. The molecular formula is C20H17Cl2NO4S2. The number of carbonyl (C=O) groups excluding carboxylic acids is 1. The molecule has 0 atom stereocenters. The molecule has 1 aromatic carbocycles. The summed E-state index contributed by atoms with van der Waals surface area (Å²) in [5.41, 5.74) is 0.601. The number of carbonyl (C=O) groups is 2. The largest absolute Gasteiger partial charge is 0.481 e. The second-order valence-electron chi connectivity index (χ2n) is 6.34. The van der Waals surface area contributed by atoms with Crippen LogP contribution in [0.5, 0.6) is 0 Å². The molecule has 1 saturated heterocycles. The number of benzene rings is 1. The van der Waals surface area contributed by atoms with E-state index in [1.165, 1.54) is 11.8 Å². The average molecular weight is 470 g/mol. The van der Waals surface area contributed by atoms with Gasteiger partial charge in [-0.2, -0.15) is 0 Å². The van der Waals surface area contributed by atoms with Gasteiger partial charge in [-0.3, -0.25) is 14.5 Å². The number of nitrogens with zero attached hydrogens (tertiary/aromatic N) is 1. The first-order valence-electron chi connectivity index (χ1n) is 8.88. The van der Waals surface area contributed by atoms with Crippen LogP contribution in [0, 0.1) is 0 Å². The molecule has 29 heavy (non-hydrogen) atoms. The zero-order valence-electron chi connectivity index (χ0n) is 15.2. The Kier molecular flexibility index (Phi) is 7.40. The number of aliphatic carboxylic acids is 1. The second-order valence-corrected chi connectivity index (χ2v) is 8.83. The number of carboxylic acids is 1. The third-order valence-electron chi connectivity index (χ3n) is 4.26. The first-order valence-corrected chi connectivity index (χ1v) is 10.9. The summed E-state index contributed by atoms with van der Waals surface area (Å²) in [5.74, 6) is 0.0279. The summed E-state index contributed by atoms with van der Waals surface area (Å²) in [7, 11) is 0. The lowest BCUT2D eigenvalue weighted by molar-refractivity contribution is -0.137. The van der Waals surface area contributed by atoms with E-state index in [0.717, 1.165) is 6.42 Å². The molecule has 0 spiro atoms. The molecule has 0 aliphatic carbocycles. The SMILES string of the molecule is O=C(O)CCCCCN1C(=O)C(=Cc2ccc(-c3c(Cl)cccc3Cl)o2)SC1=S. The fourth-order valence-electron chi connectivity index (χ4n) is 2.84. The highest BCUT2D eigenvalue weighted by atomic mass is 35.5. The number of halogens is 2. The maximum atomic E-state index is 12.6. The van der Waals surface area contributed by atoms with Crippen molar-refractivity contribution in [2.24, 2.45) is 0 Å². The number of amides is 1. The van der Waals surface area contributed by atoms with Crippen LogP contribution in [0.15, 0.2) is 39.7 Å². The Hall–Kier alpha value is -1.80. The summed E-state index contributed by atoms with van der Waals surface area (Å²) in [6.45, 7) is 0.472. The molecule has 5 nitrogen and oxygen atoms in total. The van der Waals surface area contributed by atoms with Gasteiger partial charge in [0.05, 0.1) is 20.5 Å². The monoisotopic (exact) mass is 469 g/mol. The van der Waals surface area contributed by atoms with Crippen LogP contribution in [0.2, 0.25) is 10.0 Å². The maximum absolute atomic E-state index is 12.6. The zero-order valence-corrected chi connectivity index (χ0v) is 18.3. The molecule has 152 valence electrons. The molecule has 2 aromatic rings. The van der Waals surface area contributed by atoms with E-state index < -0.39 is 5.97 Å². The zero-order chi connectivity index (χ0) is 21.0. The van der Waals surface area contributed by atoms with Crippen molar-refractivity contribution in [3.8, 4) is 11.3 Å². The molecule has 3 rings (SSSR count). The topological polar surface area (TPSA) is 70.8 Å². The number of unbranched alkanes of at least 4 members (excludes halogenated alkanes) is 2. The number of thiocarbonyl (C=S) groups is 1. The fourth-order valence-corrected chi connectivity index (χ4v) is 4.72. The molecule has 1 aromatic heterocycles. The van der Waals surface area contributed by atoms with Gasteiger partial charge in [-0.15, -0.1) is 0 Å². The van der Waals surface area contributed by atoms with Crippen molar-refractivity contribution in [2.75, 3.05) is 6.54 Å². The van der Waals surface area contributed by atoms with Gasteiger partial charge in [0.15, 0.2) is 0 Å². The van der Waals surface area contributed by atoms with Crippen LogP contribution in [-0.2, 0) is 9.59 Å². The number of rotatable bonds is 8. The molecular weight excluding hydrogens is 453 g/mol. The van der Waals surface area contributed by atoms with E-state index in [2.05, 4.69) is 0 Å². The smallest absolute Gasteiger partial charge is 0.303 e. The van der Waals surface area contributed by atoms with Crippen LogP contribution in [-0.4, -0.2) is 32.7 Å². The normalized spacial score (nSPS) is 15.5. The Balaban J connectivity index is 1.67. The molecule has 2 heterocycles. The van der Waals surface area contributed by atoms with Gasteiger partial charge in [0.25, 0.3) is 5.91 Å². The van der Waals surface area contributed by atoms with Crippen LogP contribution in [0.1, 0.15) is 31.4 Å². The van der Waals surface area contributed by atoms with Crippen molar-refractivity contribution in [1.82, 2.24) is 4.90 Å². The van der Waals surface area contributed by atoms with E-state index in [1.807, 2.05) is 0 Å². The van der Waals surface area contributed by atoms with E-state index >= 15 is 0 Å². The van der Waals surface area contributed by atoms with Gasteiger partial charge in [-0.05, 0) is 37.1 Å². The highest BCUT2D eigenvalue weighted by Crippen LogP contribution is 2.37. The predicted octanol–water partition coefficient (Wildman–Crippen LogP) is 6.10. The van der Waals surface area contributed by atoms with Crippen LogP contribution >= 0.6 is 47.2 Å². The molecule has 1 N–H and O–H groups in total. The number of furan rings is 1. The van der Waals surface area contributed by atoms with Crippen LogP contribution in [0.25, 0.3) is 17.4 Å². The number of carboxylic acid groups (broad SMARTS) is 1. The van der Waals surface area contributed by atoms with E-state index in [9.17, 15) is 9.59 Å². The Labute approximate surface area is 187 Å². The minimum Gasteiger partial charge on any atom is -0.481 e. The number of hydrogen-bond acceptors (Lipinski definition) is 5. The first-order chi connectivity index (χ1) is 13.9. The van der Waals surface area contributed by atoms with E-state index in [0.29, 0.717) is 55.7 Å². The van der Waals surface area contributed by atoms with Gasteiger partial charge in [0.1, 0.15) is 15.8 Å². The third kappa shape index (κ3) is 5.42. The van der Waals surface area contributed by atoms with E-state index in [1.54, 1.807) is 41.3 Å². The summed E-state index contributed by atoms with van der Waals surface area (Å²) in [6.07, 6.45) is 3.79. The lowest BCUT2D eigenvalue weighted by Gasteiger charge is -2.13. The van der Waals surface area contributed by atoms with Gasteiger partial charge in [0, 0.05) is 19.0 Å². The highest BCUT2D eigenvalue weighted by Gasteiger charge is 2.31. The van der Waals surface area contributed by atoms with Crippen molar-refractivity contribution >= 4 is 69.5 Å². The van der Waals surface area contributed by atoms with Gasteiger partial charge < -0.3 is 9.52 Å². The standard InChI is InChI=1S/C20H17Cl2NO4S2/c21-13-5-4-6-14(22)18(13)15-9-8-12(27-15)11-16-19(26)23(20(28)29-16)10-3-1-2-7-17(24)25/h4-6,8-9,11H,1-3,7,10H2,(H,24,25). The predicted molar refractivity (Wildman–Crippen MR) is 120 cm³/mol. The molecule has 0 bridgehead atoms. The summed E-state index contributed by atoms with van der Waals surface area (Å²) in [4.78, 5) is 25.2. The van der Waals surface area contributed by atoms with Crippen LogP contribution < -0.4 is 0 Å². The van der Waals surface area contributed by atoms with Crippen molar-refractivity contribution in [2.45, 2.75) is 25.7 Å².